The van der Waals surface area contributed by atoms with Gasteiger partial charge in [0.1, 0.15) is 11.9 Å². The Morgan fingerprint density at radius 2 is 1.80 bits per heavy atom. The summed E-state index contributed by atoms with van der Waals surface area (Å²) in [6.07, 6.45) is 3.90. The van der Waals surface area contributed by atoms with Gasteiger partial charge < -0.3 is 15.5 Å². The van der Waals surface area contributed by atoms with Gasteiger partial charge in [0.15, 0.2) is 0 Å². The van der Waals surface area contributed by atoms with Crippen molar-refractivity contribution in [1.29, 1.82) is 0 Å². The van der Waals surface area contributed by atoms with Crippen LogP contribution < -0.4 is 15.5 Å². The van der Waals surface area contributed by atoms with Gasteiger partial charge in [-0.3, -0.25) is 9.59 Å². The molecular weight excluding hydrogens is 316 g/mol. The first kappa shape index (κ1) is 17.0. The molecule has 0 saturated carbocycles. The largest absolute Gasteiger partial charge is 0.356 e. The average molecular weight is 338 g/mol. The van der Waals surface area contributed by atoms with Crippen molar-refractivity contribution in [3.8, 4) is 0 Å². The Labute approximate surface area is 147 Å². The number of amides is 2. The fourth-order valence-electron chi connectivity index (χ4n) is 2.87. The second kappa shape index (κ2) is 7.79. The molecule has 2 amide bonds. The Bertz CT molecular complexity index is 742. The maximum atomic E-state index is 12.6. The zero-order valence-corrected chi connectivity index (χ0v) is 14.2. The van der Waals surface area contributed by atoms with E-state index in [1.165, 1.54) is 0 Å². The molecule has 1 aliphatic rings. The van der Waals surface area contributed by atoms with Crippen molar-refractivity contribution in [3.63, 3.8) is 0 Å². The third kappa shape index (κ3) is 4.15. The van der Waals surface area contributed by atoms with E-state index in [-0.39, 0.29) is 11.8 Å². The molecule has 6 heteroatoms. The van der Waals surface area contributed by atoms with Gasteiger partial charge in [-0.15, -0.1) is 0 Å². The Balaban J connectivity index is 1.66. The molecule has 1 aromatic heterocycles. The van der Waals surface area contributed by atoms with Gasteiger partial charge in [0.2, 0.25) is 5.91 Å². The van der Waals surface area contributed by atoms with Crippen LogP contribution in [0.5, 0.6) is 0 Å². The molecule has 1 saturated heterocycles. The van der Waals surface area contributed by atoms with Crippen LogP contribution in [0.1, 0.15) is 30.1 Å². The number of carbonyl (C=O) groups excluding carboxylic acids is 2. The van der Waals surface area contributed by atoms with Crippen LogP contribution in [0.2, 0.25) is 0 Å². The predicted octanol–water partition coefficient (Wildman–Crippen LogP) is 2.44. The normalized spacial score (nSPS) is 14.8. The lowest BCUT2D eigenvalue weighted by Gasteiger charge is -2.20. The van der Waals surface area contributed by atoms with Crippen molar-refractivity contribution in [2.24, 2.45) is 0 Å². The van der Waals surface area contributed by atoms with Crippen molar-refractivity contribution >= 4 is 23.3 Å². The molecule has 3 rings (SSSR count). The molecule has 2 N–H and O–H groups in total. The smallest absolute Gasteiger partial charge is 0.255 e. The first-order chi connectivity index (χ1) is 12.1. The van der Waals surface area contributed by atoms with Crippen molar-refractivity contribution < 1.29 is 9.59 Å². The van der Waals surface area contributed by atoms with Crippen LogP contribution >= 0.6 is 0 Å². The van der Waals surface area contributed by atoms with Gasteiger partial charge in [-0.05, 0) is 44.0 Å². The molecule has 1 fully saturated rings. The number of rotatable bonds is 5. The molecule has 2 heterocycles. The molecule has 1 unspecified atom stereocenters. The Hall–Kier alpha value is -2.89. The van der Waals surface area contributed by atoms with E-state index < -0.39 is 6.04 Å². The summed E-state index contributed by atoms with van der Waals surface area (Å²) in [5.41, 5.74) is 1.21. The Kier molecular flexibility index (Phi) is 5.28. The maximum absolute atomic E-state index is 12.6. The summed E-state index contributed by atoms with van der Waals surface area (Å²) in [6, 6.07) is 12.0. The van der Waals surface area contributed by atoms with E-state index in [9.17, 15) is 9.59 Å². The molecule has 0 bridgehead atoms. The zero-order chi connectivity index (χ0) is 17.6. The second-order valence-corrected chi connectivity index (χ2v) is 6.12. The molecule has 6 nitrogen and oxygen atoms in total. The van der Waals surface area contributed by atoms with Gasteiger partial charge >= 0.3 is 0 Å². The van der Waals surface area contributed by atoms with Crippen LogP contribution in [-0.2, 0) is 4.79 Å². The third-order valence-electron chi connectivity index (χ3n) is 4.22. The molecule has 25 heavy (non-hydrogen) atoms. The Morgan fingerprint density at radius 1 is 1.08 bits per heavy atom. The highest BCUT2D eigenvalue weighted by atomic mass is 16.2. The average Bonchev–Trinajstić information content (AvgIpc) is 3.17. The lowest BCUT2D eigenvalue weighted by Crippen LogP contribution is -2.42. The van der Waals surface area contributed by atoms with Crippen molar-refractivity contribution in [3.05, 3.63) is 54.2 Å². The van der Waals surface area contributed by atoms with Crippen LogP contribution in [-0.4, -0.2) is 35.9 Å². The minimum atomic E-state index is -0.653. The van der Waals surface area contributed by atoms with Gasteiger partial charge in [0.05, 0.1) is 5.56 Å². The fraction of sp³-hybridized carbons (Fsp3) is 0.316. The SMILES string of the molecule is CC(NC(=O)c1cccnc1N1CCCC1)C(=O)Nc1ccccc1. The number of hydrogen-bond donors (Lipinski definition) is 2. The summed E-state index contributed by atoms with van der Waals surface area (Å²) in [4.78, 5) is 31.4. The minimum Gasteiger partial charge on any atom is -0.356 e. The summed E-state index contributed by atoms with van der Waals surface area (Å²) in [7, 11) is 0. The van der Waals surface area contributed by atoms with Crippen LogP contribution in [0.3, 0.4) is 0 Å². The van der Waals surface area contributed by atoms with E-state index in [0.29, 0.717) is 17.1 Å². The van der Waals surface area contributed by atoms with Crippen molar-refractivity contribution in [2.75, 3.05) is 23.3 Å². The van der Waals surface area contributed by atoms with Gasteiger partial charge in [0.25, 0.3) is 5.91 Å². The number of para-hydroxylation sites is 1. The first-order valence-corrected chi connectivity index (χ1v) is 8.52. The predicted molar refractivity (Wildman–Crippen MR) is 97.7 cm³/mol. The van der Waals surface area contributed by atoms with Gasteiger partial charge in [-0.25, -0.2) is 4.98 Å². The highest BCUT2D eigenvalue weighted by Gasteiger charge is 2.23. The number of hydrogen-bond acceptors (Lipinski definition) is 4. The molecule has 1 aliphatic heterocycles. The van der Waals surface area contributed by atoms with E-state index in [0.717, 1.165) is 25.9 Å². The number of pyridine rings is 1. The monoisotopic (exact) mass is 338 g/mol. The standard InChI is InChI=1S/C19H22N4O2/c1-14(18(24)22-15-8-3-2-4-9-15)21-19(25)16-10-7-11-20-17(16)23-12-5-6-13-23/h2-4,7-11,14H,5-6,12-13H2,1H3,(H,21,25)(H,22,24). The zero-order valence-electron chi connectivity index (χ0n) is 14.2. The molecule has 2 aromatic rings. The van der Waals surface area contributed by atoms with Crippen LogP contribution in [0.15, 0.2) is 48.7 Å². The van der Waals surface area contributed by atoms with Crippen molar-refractivity contribution in [2.45, 2.75) is 25.8 Å². The molecule has 130 valence electrons. The molecule has 0 spiro atoms. The van der Waals surface area contributed by atoms with E-state index in [1.54, 1.807) is 37.4 Å². The van der Waals surface area contributed by atoms with Gasteiger partial charge in [-0.1, -0.05) is 18.2 Å². The lowest BCUT2D eigenvalue weighted by atomic mass is 10.2. The van der Waals surface area contributed by atoms with Gasteiger partial charge in [0, 0.05) is 25.0 Å². The highest BCUT2D eigenvalue weighted by molar-refractivity contribution is 6.03. The first-order valence-electron chi connectivity index (χ1n) is 8.52. The van der Waals surface area contributed by atoms with E-state index in [1.807, 2.05) is 18.2 Å². The number of aromatic nitrogens is 1. The second-order valence-electron chi connectivity index (χ2n) is 6.12. The number of nitrogens with zero attached hydrogens (tertiary/aromatic N) is 2. The van der Waals surface area contributed by atoms with Crippen LogP contribution in [0, 0.1) is 0 Å². The molecule has 0 radical (unpaired) electrons. The number of anilines is 2. The van der Waals surface area contributed by atoms with Crippen LogP contribution in [0.25, 0.3) is 0 Å². The number of nitrogens with one attached hydrogen (secondary N) is 2. The fourth-order valence-corrected chi connectivity index (χ4v) is 2.87. The lowest BCUT2D eigenvalue weighted by molar-refractivity contribution is -0.117. The molecule has 1 aromatic carbocycles. The maximum Gasteiger partial charge on any atom is 0.255 e. The van der Waals surface area contributed by atoms with Gasteiger partial charge in [-0.2, -0.15) is 0 Å². The summed E-state index contributed by atoms with van der Waals surface area (Å²) in [5.74, 6) is 0.144. The van der Waals surface area contributed by atoms with E-state index >= 15 is 0 Å². The van der Waals surface area contributed by atoms with E-state index in [2.05, 4.69) is 20.5 Å². The topological polar surface area (TPSA) is 74.3 Å². The van der Waals surface area contributed by atoms with Crippen LogP contribution in [0.4, 0.5) is 11.5 Å². The molecular formula is C19H22N4O2. The third-order valence-corrected chi connectivity index (χ3v) is 4.22. The summed E-state index contributed by atoms with van der Waals surface area (Å²) in [6.45, 7) is 3.48. The number of carbonyl (C=O) groups is 2. The van der Waals surface area contributed by atoms with E-state index in [4.69, 9.17) is 0 Å². The summed E-state index contributed by atoms with van der Waals surface area (Å²) >= 11 is 0. The summed E-state index contributed by atoms with van der Waals surface area (Å²) in [5, 5.41) is 5.55. The number of benzene rings is 1. The Morgan fingerprint density at radius 3 is 2.52 bits per heavy atom. The quantitative estimate of drug-likeness (QED) is 0.878. The van der Waals surface area contributed by atoms with Crippen molar-refractivity contribution in [1.82, 2.24) is 10.3 Å². The summed E-state index contributed by atoms with van der Waals surface area (Å²) < 4.78 is 0. The molecule has 1 atom stereocenters. The molecule has 0 aliphatic carbocycles. The minimum absolute atomic E-state index is 0.258. The highest BCUT2D eigenvalue weighted by Crippen LogP contribution is 2.21.